The molecule has 0 bridgehead atoms. The van der Waals surface area contributed by atoms with Crippen molar-refractivity contribution in [2.45, 2.75) is 26.7 Å². The van der Waals surface area contributed by atoms with E-state index in [1.54, 1.807) is 0 Å². The van der Waals surface area contributed by atoms with Crippen LogP contribution in [0.25, 0.3) is 0 Å². The number of Topliss-reactive ketones (excluding diaryl/α,β-unsaturated/α-hetero) is 1. The van der Waals surface area contributed by atoms with Crippen LogP contribution >= 0.6 is 0 Å². The molecule has 0 amide bonds. The molecule has 0 aliphatic rings. The summed E-state index contributed by atoms with van der Waals surface area (Å²) < 4.78 is 0. The summed E-state index contributed by atoms with van der Waals surface area (Å²) in [7, 11) is 0. The van der Waals surface area contributed by atoms with Crippen LogP contribution in [0.5, 0.6) is 0 Å². The van der Waals surface area contributed by atoms with Gasteiger partial charge in [0.25, 0.3) is 0 Å². The molecule has 1 nitrogen and oxygen atoms in total. The summed E-state index contributed by atoms with van der Waals surface area (Å²) in [5.41, 5.74) is 1.70. The maximum Gasteiger partial charge on any atom is 0.188 e. The first kappa shape index (κ1) is 10.7. The van der Waals surface area contributed by atoms with Gasteiger partial charge in [-0.3, -0.25) is 4.79 Å². The zero-order valence-corrected chi connectivity index (χ0v) is 8.79. The molecule has 74 valence electrons. The zero-order valence-electron chi connectivity index (χ0n) is 8.79. The molecule has 0 unspecified atom stereocenters. The number of carbonyl (C=O) groups excluding carboxylic acids is 1. The van der Waals surface area contributed by atoms with E-state index < -0.39 is 0 Å². The fourth-order valence-electron chi connectivity index (χ4n) is 1.42. The van der Waals surface area contributed by atoms with Crippen molar-refractivity contribution in [3.8, 4) is 0 Å². The van der Waals surface area contributed by atoms with E-state index in [1.807, 2.05) is 50.3 Å². The zero-order chi connectivity index (χ0) is 10.4. The molecule has 0 aromatic heterocycles. The smallest absolute Gasteiger partial charge is 0.188 e. The summed E-state index contributed by atoms with van der Waals surface area (Å²) in [5, 5.41) is 0. The Balaban J connectivity index is 2.90. The summed E-state index contributed by atoms with van der Waals surface area (Å²) in [6.45, 7) is 4.07. The Morgan fingerprint density at radius 1 is 1.21 bits per heavy atom. The van der Waals surface area contributed by atoms with Crippen molar-refractivity contribution in [3.63, 3.8) is 0 Å². The van der Waals surface area contributed by atoms with Gasteiger partial charge in [-0.25, -0.2) is 0 Å². The van der Waals surface area contributed by atoms with Crippen LogP contribution in [0.3, 0.4) is 0 Å². The number of ketones is 1. The molecule has 0 N–H and O–H groups in total. The van der Waals surface area contributed by atoms with E-state index in [-0.39, 0.29) is 5.78 Å². The van der Waals surface area contributed by atoms with Gasteiger partial charge in [0.1, 0.15) is 0 Å². The summed E-state index contributed by atoms with van der Waals surface area (Å²) in [6.07, 6.45) is 3.73. The SMILES string of the molecule is CC/C=C(/CC)C(=O)c1ccccc1. The van der Waals surface area contributed by atoms with E-state index in [1.165, 1.54) is 0 Å². The van der Waals surface area contributed by atoms with Crippen LogP contribution in [-0.4, -0.2) is 5.78 Å². The summed E-state index contributed by atoms with van der Waals surface area (Å²) in [6, 6.07) is 9.44. The molecule has 0 spiro atoms. The third-order valence-electron chi connectivity index (χ3n) is 2.16. The van der Waals surface area contributed by atoms with Crippen molar-refractivity contribution in [1.29, 1.82) is 0 Å². The van der Waals surface area contributed by atoms with Gasteiger partial charge < -0.3 is 0 Å². The minimum absolute atomic E-state index is 0.162. The van der Waals surface area contributed by atoms with Gasteiger partial charge in [0.15, 0.2) is 5.78 Å². The molecular weight excluding hydrogens is 172 g/mol. The third-order valence-corrected chi connectivity index (χ3v) is 2.16. The summed E-state index contributed by atoms with van der Waals surface area (Å²) >= 11 is 0. The van der Waals surface area contributed by atoms with Gasteiger partial charge in [-0.15, -0.1) is 0 Å². The van der Waals surface area contributed by atoms with E-state index in [0.717, 1.165) is 24.0 Å². The first-order chi connectivity index (χ1) is 6.79. The molecule has 14 heavy (non-hydrogen) atoms. The van der Waals surface area contributed by atoms with Crippen LogP contribution < -0.4 is 0 Å². The van der Waals surface area contributed by atoms with Crippen molar-refractivity contribution in [1.82, 2.24) is 0 Å². The van der Waals surface area contributed by atoms with E-state index in [9.17, 15) is 4.79 Å². The Bertz CT molecular complexity index is 322. The first-order valence-corrected chi connectivity index (χ1v) is 5.08. The average Bonchev–Trinajstić information content (AvgIpc) is 2.26. The summed E-state index contributed by atoms with van der Waals surface area (Å²) in [4.78, 5) is 11.9. The van der Waals surface area contributed by atoms with Gasteiger partial charge >= 0.3 is 0 Å². The molecule has 0 aliphatic heterocycles. The van der Waals surface area contributed by atoms with Crippen LogP contribution in [0.4, 0.5) is 0 Å². The largest absolute Gasteiger partial charge is 0.289 e. The molecule has 0 atom stereocenters. The number of hydrogen-bond donors (Lipinski definition) is 0. The quantitative estimate of drug-likeness (QED) is 0.521. The highest BCUT2D eigenvalue weighted by Gasteiger charge is 2.08. The Kier molecular flexibility index (Phi) is 4.11. The maximum atomic E-state index is 11.9. The van der Waals surface area contributed by atoms with Crippen molar-refractivity contribution < 1.29 is 4.79 Å². The molecule has 0 saturated carbocycles. The topological polar surface area (TPSA) is 17.1 Å². The van der Waals surface area contributed by atoms with E-state index in [4.69, 9.17) is 0 Å². The highest BCUT2D eigenvalue weighted by molar-refractivity contribution is 6.08. The second-order valence-electron chi connectivity index (χ2n) is 3.19. The van der Waals surface area contributed by atoms with Crippen molar-refractivity contribution in [2.75, 3.05) is 0 Å². The minimum atomic E-state index is 0.162. The first-order valence-electron chi connectivity index (χ1n) is 5.08. The molecule has 1 aromatic rings. The number of hydrogen-bond acceptors (Lipinski definition) is 1. The molecule has 0 radical (unpaired) electrons. The van der Waals surface area contributed by atoms with Crippen LogP contribution in [0.2, 0.25) is 0 Å². The predicted octanol–water partition coefficient (Wildman–Crippen LogP) is 3.62. The Labute approximate surface area is 85.5 Å². The molecule has 0 saturated heterocycles. The fourth-order valence-corrected chi connectivity index (χ4v) is 1.42. The highest BCUT2D eigenvalue weighted by Crippen LogP contribution is 2.11. The standard InChI is InChI=1S/C13H16O/c1-3-8-11(4-2)13(14)12-9-6-5-7-10-12/h5-10H,3-4H2,1-2H3/b11-8-. The van der Waals surface area contributed by atoms with Crippen molar-refractivity contribution in [2.24, 2.45) is 0 Å². The Morgan fingerprint density at radius 3 is 2.36 bits per heavy atom. The molecule has 0 heterocycles. The van der Waals surface area contributed by atoms with E-state index in [2.05, 4.69) is 0 Å². The monoisotopic (exact) mass is 188 g/mol. The molecule has 0 aliphatic carbocycles. The number of rotatable bonds is 4. The molecule has 0 fully saturated rings. The molecular formula is C13H16O. The van der Waals surface area contributed by atoms with Crippen molar-refractivity contribution in [3.05, 3.63) is 47.5 Å². The molecule has 1 rings (SSSR count). The van der Waals surface area contributed by atoms with E-state index >= 15 is 0 Å². The van der Waals surface area contributed by atoms with Crippen LogP contribution in [-0.2, 0) is 0 Å². The van der Waals surface area contributed by atoms with Crippen molar-refractivity contribution >= 4 is 5.78 Å². The minimum Gasteiger partial charge on any atom is -0.289 e. The molecule has 1 aromatic carbocycles. The Hall–Kier alpha value is -1.37. The third kappa shape index (κ3) is 2.56. The van der Waals surface area contributed by atoms with E-state index in [0.29, 0.717) is 0 Å². The van der Waals surface area contributed by atoms with Crippen LogP contribution in [0.15, 0.2) is 42.0 Å². The second kappa shape index (κ2) is 5.38. The number of benzene rings is 1. The van der Waals surface area contributed by atoms with Crippen LogP contribution in [0.1, 0.15) is 37.0 Å². The highest BCUT2D eigenvalue weighted by atomic mass is 16.1. The van der Waals surface area contributed by atoms with Gasteiger partial charge in [0.2, 0.25) is 0 Å². The predicted molar refractivity (Wildman–Crippen MR) is 59.4 cm³/mol. The molecule has 1 heteroatoms. The van der Waals surface area contributed by atoms with Gasteiger partial charge in [-0.1, -0.05) is 50.3 Å². The average molecular weight is 188 g/mol. The Morgan fingerprint density at radius 2 is 1.86 bits per heavy atom. The lowest BCUT2D eigenvalue weighted by Gasteiger charge is -2.02. The van der Waals surface area contributed by atoms with Crippen LogP contribution in [0, 0.1) is 0 Å². The lowest BCUT2D eigenvalue weighted by atomic mass is 10.0. The fraction of sp³-hybridized carbons (Fsp3) is 0.308. The van der Waals surface area contributed by atoms with Gasteiger partial charge in [-0.2, -0.15) is 0 Å². The van der Waals surface area contributed by atoms with Gasteiger partial charge in [-0.05, 0) is 18.4 Å². The lowest BCUT2D eigenvalue weighted by Crippen LogP contribution is -2.02. The van der Waals surface area contributed by atoms with Gasteiger partial charge in [0, 0.05) is 5.56 Å². The number of allylic oxidation sites excluding steroid dienone is 2. The second-order valence-corrected chi connectivity index (χ2v) is 3.19. The van der Waals surface area contributed by atoms with Gasteiger partial charge in [0.05, 0.1) is 0 Å². The normalized spacial score (nSPS) is 11.4. The maximum absolute atomic E-state index is 11.9. The lowest BCUT2D eigenvalue weighted by molar-refractivity contribution is 0.103. The number of carbonyl (C=O) groups is 1. The summed E-state index contributed by atoms with van der Waals surface area (Å²) in [5.74, 6) is 0.162.